The Morgan fingerprint density at radius 1 is 1.05 bits per heavy atom. The van der Waals surface area contributed by atoms with Crippen LogP contribution in [0.1, 0.15) is 21.9 Å². The number of likely N-dealkylation sites (tertiary alicyclic amines) is 1. The van der Waals surface area contributed by atoms with Gasteiger partial charge >= 0.3 is 11.7 Å². The molecule has 2 aromatic carbocycles. The lowest BCUT2D eigenvalue weighted by Crippen LogP contribution is -2.49. The first-order valence-electron chi connectivity index (χ1n) is 11.7. The van der Waals surface area contributed by atoms with E-state index < -0.39 is 17.2 Å². The van der Waals surface area contributed by atoms with E-state index in [4.69, 9.17) is 39.9 Å². The number of carbonyl (C=O) groups is 1. The molecule has 2 N–H and O–H groups in total. The fraction of sp³-hybridized carbons (Fsp3) is 0.192. The molecule has 1 fully saturated rings. The Kier molecular flexibility index (Phi) is 8.11. The minimum absolute atomic E-state index is 0.298. The van der Waals surface area contributed by atoms with E-state index in [-0.39, 0.29) is 11.2 Å². The summed E-state index contributed by atoms with van der Waals surface area (Å²) in [6.07, 6.45) is 2.77. The average Bonchev–Trinajstić information content (AvgIpc) is 2.86. The molecule has 0 bridgehead atoms. The Hall–Kier alpha value is -3.15. The van der Waals surface area contributed by atoms with Gasteiger partial charge in [-0.3, -0.25) is 19.5 Å². The molecule has 1 atom stereocenters. The molecule has 1 saturated heterocycles. The molecule has 2 aromatic heterocycles. The third-order valence-electron chi connectivity index (χ3n) is 6.21. The summed E-state index contributed by atoms with van der Waals surface area (Å²) in [5.74, 6) is -1.08. The average molecular weight is 605 g/mol. The maximum Gasteiger partial charge on any atom is 0.349 e. The number of carboxylic acid groups (broad SMARTS) is 1. The number of hydrogen-bond acceptors (Lipinski definition) is 7. The zero-order chi connectivity index (χ0) is 27.7. The molecule has 0 saturated carbocycles. The van der Waals surface area contributed by atoms with E-state index in [0.717, 1.165) is 27.0 Å². The number of aliphatic carboxylic acids is 1. The monoisotopic (exact) mass is 603 g/mol. The van der Waals surface area contributed by atoms with Gasteiger partial charge in [0.05, 0.1) is 21.9 Å². The maximum absolute atomic E-state index is 12.2. The van der Waals surface area contributed by atoms with Crippen molar-refractivity contribution in [3.8, 4) is 5.69 Å². The van der Waals surface area contributed by atoms with Crippen LogP contribution in [0.3, 0.4) is 0 Å². The van der Waals surface area contributed by atoms with Crippen LogP contribution in [0.15, 0.2) is 75.5 Å². The highest BCUT2D eigenvalue weighted by molar-refractivity contribution is 7.99. The minimum atomic E-state index is -0.767. The van der Waals surface area contributed by atoms with E-state index in [0.29, 0.717) is 46.0 Å². The van der Waals surface area contributed by atoms with Crippen LogP contribution in [-0.2, 0) is 11.3 Å². The zero-order valence-electron chi connectivity index (χ0n) is 20.1. The molecule has 1 unspecified atom stereocenters. The van der Waals surface area contributed by atoms with Gasteiger partial charge in [0.2, 0.25) is 0 Å². The molecule has 9 nitrogen and oxygen atoms in total. The van der Waals surface area contributed by atoms with E-state index in [1.54, 1.807) is 30.5 Å². The van der Waals surface area contributed by atoms with Gasteiger partial charge in [0, 0.05) is 46.5 Å². The van der Waals surface area contributed by atoms with Crippen molar-refractivity contribution in [1.82, 2.24) is 24.6 Å². The van der Waals surface area contributed by atoms with Crippen LogP contribution >= 0.6 is 46.6 Å². The molecule has 0 amide bonds. The minimum Gasteiger partial charge on any atom is -0.481 e. The molecule has 4 aromatic rings. The predicted octanol–water partition coefficient (Wildman–Crippen LogP) is 4.67. The number of thioether (sulfide) groups is 1. The van der Waals surface area contributed by atoms with Crippen LogP contribution in [0.4, 0.5) is 0 Å². The van der Waals surface area contributed by atoms with Crippen molar-refractivity contribution in [3.63, 3.8) is 0 Å². The van der Waals surface area contributed by atoms with Crippen molar-refractivity contribution < 1.29 is 9.90 Å². The number of benzene rings is 2. The summed E-state index contributed by atoms with van der Waals surface area (Å²) in [4.78, 5) is 43.5. The lowest BCUT2D eigenvalue weighted by Gasteiger charge is -2.36. The van der Waals surface area contributed by atoms with Gasteiger partial charge in [-0.2, -0.15) is 9.78 Å². The molecular weight excluding hydrogens is 585 g/mol. The summed E-state index contributed by atoms with van der Waals surface area (Å²) in [7, 11) is 0. The van der Waals surface area contributed by atoms with Crippen LogP contribution in [0, 0.1) is 5.92 Å². The topological polar surface area (TPSA) is 121 Å². The Labute approximate surface area is 241 Å². The number of pyridine rings is 1. The molecule has 39 heavy (non-hydrogen) atoms. The van der Waals surface area contributed by atoms with Crippen molar-refractivity contribution >= 4 is 52.5 Å². The molecule has 0 spiro atoms. The Morgan fingerprint density at radius 2 is 1.74 bits per heavy atom. The molecule has 200 valence electrons. The fourth-order valence-electron chi connectivity index (χ4n) is 4.22. The second-order valence-corrected chi connectivity index (χ2v) is 11.3. The van der Waals surface area contributed by atoms with Crippen molar-refractivity contribution in [2.24, 2.45) is 5.92 Å². The molecule has 13 heteroatoms. The van der Waals surface area contributed by atoms with Gasteiger partial charge in [-0.1, -0.05) is 64.8 Å². The van der Waals surface area contributed by atoms with Gasteiger partial charge in [-0.25, -0.2) is 9.78 Å². The maximum atomic E-state index is 12.2. The fourth-order valence-corrected chi connectivity index (χ4v) is 6.34. The number of hydrogen-bond donors (Lipinski definition) is 2. The Bertz CT molecular complexity index is 1610. The highest BCUT2D eigenvalue weighted by atomic mass is 35.5. The number of halogens is 3. The largest absolute Gasteiger partial charge is 0.481 e. The summed E-state index contributed by atoms with van der Waals surface area (Å²) in [5, 5.41) is 14.5. The van der Waals surface area contributed by atoms with Gasteiger partial charge in [0.25, 0.3) is 5.56 Å². The van der Waals surface area contributed by atoms with E-state index in [2.05, 4.69) is 20.0 Å². The van der Waals surface area contributed by atoms with Crippen LogP contribution in [0.5, 0.6) is 0 Å². The number of carboxylic acids is 1. The SMILES string of the molecule is O=C(O)C1CN(Cc2ccc(SC(c3ccc(Cl)cc3)c3c(Cl)cc(-n4ncc(=O)[nH]c4=O)cc3Cl)nc2)C1. The quantitative estimate of drug-likeness (QED) is 0.278. The van der Waals surface area contributed by atoms with Gasteiger partial charge in [0.15, 0.2) is 0 Å². The van der Waals surface area contributed by atoms with Crippen LogP contribution in [0.2, 0.25) is 15.1 Å². The number of H-pyrrole nitrogens is 1. The third kappa shape index (κ3) is 6.21. The lowest BCUT2D eigenvalue weighted by molar-refractivity contribution is -0.147. The summed E-state index contributed by atoms with van der Waals surface area (Å²) in [6, 6.07) is 14.3. The van der Waals surface area contributed by atoms with Gasteiger partial charge in [0.1, 0.15) is 6.20 Å². The number of aromatic amines is 1. The summed E-state index contributed by atoms with van der Waals surface area (Å²) in [5.41, 5.74) is 1.44. The summed E-state index contributed by atoms with van der Waals surface area (Å²) >= 11 is 21.1. The smallest absolute Gasteiger partial charge is 0.349 e. The molecule has 5 rings (SSSR count). The number of rotatable bonds is 8. The highest BCUT2D eigenvalue weighted by Crippen LogP contribution is 2.46. The van der Waals surface area contributed by atoms with Crippen LogP contribution < -0.4 is 11.2 Å². The van der Waals surface area contributed by atoms with E-state index >= 15 is 0 Å². The number of nitrogens with one attached hydrogen (secondary N) is 1. The Morgan fingerprint density at radius 3 is 2.33 bits per heavy atom. The second kappa shape index (κ2) is 11.5. The van der Waals surface area contributed by atoms with Gasteiger partial charge in [-0.05, 0) is 41.5 Å². The standard InChI is InChI=1S/C26H20Cl3N5O4S/c27-17-4-2-15(3-5-17)24(39-22-6-1-14(9-30-22)11-33-12-16(13-33)25(36)37)23-19(28)7-18(8-20(23)29)34-26(38)32-21(35)10-31-34/h1-10,16,24H,11-13H2,(H,36,37)(H,32,35,38). The first-order chi connectivity index (χ1) is 18.7. The molecule has 1 aliphatic rings. The molecule has 1 aliphatic heterocycles. The normalized spacial score (nSPS) is 14.6. The predicted molar refractivity (Wildman–Crippen MR) is 150 cm³/mol. The van der Waals surface area contributed by atoms with Gasteiger partial charge < -0.3 is 5.11 Å². The zero-order valence-corrected chi connectivity index (χ0v) is 23.1. The first-order valence-corrected chi connectivity index (χ1v) is 13.7. The molecule has 0 aliphatic carbocycles. The number of nitrogens with zero attached hydrogens (tertiary/aromatic N) is 4. The number of aromatic nitrogens is 4. The molecule has 0 radical (unpaired) electrons. The van der Waals surface area contributed by atoms with Crippen molar-refractivity contribution in [2.75, 3.05) is 13.1 Å². The van der Waals surface area contributed by atoms with Gasteiger partial charge in [-0.15, -0.1) is 0 Å². The third-order valence-corrected chi connectivity index (χ3v) is 8.31. The lowest BCUT2D eigenvalue weighted by atomic mass is 10.00. The first kappa shape index (κ1) is 27.4. The summed E-state index contributed by atoms with van der Waals surface area (Å²) < 4.78 is 1.00. The Balaban J connectivity index is 1.44. The van der Waals surface area contributed by atoms with Crippen molar-refractivity contribution in [1.29, 1.82) is 0 Å². The van der Waals surface area contributed by atoms with Crippen molar-refractivity contribution in [2.45, 2.75) is 16.8 Å². The molecule has 3 heterocycles. The van der Waals surface area contributed by atoms with Crippen molar-refractivity contribution in [3.05, 3.63) is 114 Å². The van der Waals surface area contributed by atoms with E-state index in [1.165, 1.54) is 11.8 Å². The summed E-state index contributed by atoms with van der Waals surface area (Å²) in [6.45, 7) is 1.68. The van der Waals surface area contributed by atoms with Crippen LogP contribution in [0.25, 0.3) is 5.69 Å². The van der Waals surface area contributed by atoms with Crippen LogP contribution in [-0.4, -0.2) is 48.8 Å². The van der Waals surface area contributed by atoms with E-state index in [9.17, 15) is 14.4 Å². The second-order valence-electron chi connectivity index (χ2n) is 8.96. The highest BCUT2D eigenvalue weighted by Gasteiger charge is 2.32. The van der Waals surface area contributed by atoms with E-state index in [1.807, 2.05) is 24.3 Å². The molecular formula is C26H20Cl3N5O4S.